The fraction of sp³-hybridized carbons (Fsp3) is 0.259. The summed E-state index contributed by atoms with van der Waals surface area (Å²) in [5.74, 6) is 0. The predicted molar refractivity (Wildman–Crippen MR) is 123 cm³/mol. The highest BCUT2D eigenvalue weighted by Gasteiger charge is 2.13. The smallest absolute Gasteiger partial charge is 0.0995 e. The zero-order valence-corrected chi connectivity index (χ0v) is 17.8. The van der Waals surface area contributed by atoms with Crippen LogP contribution in [0.2, 0.25) is 0 Å². The van der Waals surface area contributed by atoms with E-state index in [1.165, 1.54) is 33.4 Å². The van der Waals surface area contributed by atoms with Crippen LogP contribution in [0.3, 0.4) is 0 Å². The molecule has 0 N–H and O–H groups in total. The van der Waals surface area contributed by atoms with Crippen molar-refractivity contribution in [3.05, 3.63) is 87.5 Å². The molecule has 2 nitrogen and oxygen atoms in total. The summed E-state index contributed by atoms with van der Waals surface area (Å²) in [5.41, 5.74) is 11.5. The lowest BCUT2D eigenvalue weighted by atomic mass is 9.89. The monoisotopic (exact) mass is 380 g/mol. The van der Waals surface area contributed by atoms with Crippen molar-refractivity contribution in [2.24, 2.45) is 4.99 Å². The van der Waals surface area contributed by atoms with Crippen LogP contribution in [0.4, 0.5) is 5.69 Å². The first-order valence-electron chi connectivity index (χ1n) is 10.2. The number of nitrogens with zero attached hydrogens (tertiary/aromatic N) is 2. The minimum Gasteiger partial charge on any atom is -0.264 e. The Morgan fingerprint density at radius 2 is 1.62 bits per heavy atom. The van der Waals surface area contributed by atoms with Gasteiger partial charge < -0.3 is 0 Å². The van der Waals surface area contributed by atoms with E-state index < -0.39 is 0 Å². The van der Waals surface area contributed by atoms with Gasteiger partial charge in [0, 0.05) is 0 Å². The molecular weight excluding hydrogens is 352 g/mol. The van der Waals surface area contributed by atoms with Crippen LogP contribution in [0, 0.1) is 32.1 Å². The number of hydrogen-bond acceptors (Lipinski definition) is 2. The fourth-order valence-corrected chi connectivity index (χ4v) is 3.97. The van der Waals surface area contributed by atoms with Crippen molar-refractivity contribution >= 4 is 12.4 Å². The molecule has 0 fully saturated rings. The summed E-state index contributed by atoms with van der Waals surface area (Å²) in [6, 6.07) is 19.4. The van der Waals surface area contributed by atoms with Gasteiger partial charge in [0.05, 0.1) is 17.3 Å². The summed E-state index contributed by atoms with van der Waals surface area (Å²) in [6.07, 6.45) is 2.53. The Morgan fingerprint density at radius 3 is 2.28 bits per heavy atom. The molecule has 0 bridgehead atoms. The number of rotatable bonds is 6. The summed E-state index contributed by atoms with van der Waals surface area (Å²) in [5, 5.41) is 9.65. The summed E-state index contributed by atoms with van der Waals surface area (Å²) >= 11 is 0. The fourth-order valence-electron chi connectivity index (χ4n) is 3.97. The minimum absolute atomic E-state index is 0.718. The average molecular weight is 381 g/mol. The molecule has 3 rings (SSSR count). The van der Waals surface area contributed by atoms with E-state index in [9.17, 15) is 5.26 Å². The zero-order valence-electron chi connectivity index (χ0n) is 17.8. The minimum atomic E-state index is 0.718. The normalized spacial score (nSPS) is 10.6. The predicted octanol–water partition coefficient (Wildman–Crippen LogP) is 6.83. The molecular formula is C27H28N2. The second-order valence-corrected chi connectivity index (χ2v) is 7.60. The Hall–Kier alpha value is -3.18. The first-order chi connectivity index (χ1) is 14.0. The summed E-state index contributed by atoms with van der Waals surface area (Å²) in [4.78, 5) is 4.21. The highest BCUT2D eigenvalue weighted by Crippen LogP contribution is 2.32. The zero-order chi connectivity index (χ0) is 21.0. The van der Waals surface area contributed by atoms with Crippen molar-refractivity contribution in [3.8, 4) is 17.2 Å². The van der Waals surface area contributed by atoms with Gasteiger partial charge in [0.25, 0.3) is 0 Å². The van der Waals surface area contributed by atoms with Crippen molar-refractivity contribution < 1.29 is 0 Å². The number of nitriles is 1. The van der Waals surface area contributed by atoms with E-state index in [1.54, 1.807) is 0 Å². The Balaban J connectivity index is 1.97. The first kappa shape index (κ1) is 20.6. The third-order valence-electron chi connectivity index (χ3n) is 5.97. The second kappa shape index (κ2) is 8.88. The van der Waals surface area contributed by atoms with E-state index in [1.807, 2.05) is 6.07 Å². The third-order valence-corrected chi connectivity index (χ3v) is 5.97. The SMILES string of the molecule is C=Nc1cc(CC)cc(C#N)c1CCc1cccc(-c2cccc(C)c2C)c1C. The second-order valence-electron chi connectivity index (χ2n) is 7.60. The molecule has 0 aromatic heterocycles. The van der Waals surface area contributed by atoms with Gasteiger partial charge in [-0.25, -0.2) is 0 Å². The Kier molecular flexibility index (Phi) is 6.29. The van der Waals surface area contributed by atoms with E-state index >= 15 is 0 Å². The topological polar surface area (TPSA) is 36.1 Å². The van der Waals surface area contributed by atoms with Gasteiger partial charge in [0.15, 0.2) is 0 Å². The molecule has 0 saturated carbocycles. The summed E-state index contributed by atoms with van der Waals surface area (Å²) in [7, 11) is 0. The van der Waals surface area contributed by atoms with Crippen LogP contribution >= 0.6 is 0 Å². The molecule has 0 amide bonds. The van der Waals surface area contributed by atoms with E-state index in [0.29, 0.717) is 0 Å². The number of hydrogen-bond donors (Lipinski definition) is 0. The van der Waals surface area contributed by atoms with Gasteiger partial charge in [-0.05, 0) is 103 Å². The maximum absolute atomic E-state index is 9.65. The molecule has 2 heteroatoms. The van der Waals surface area contributed by atoms with Crippen molar-refractivity contribution in [1.82, 2.24) is 0 Å². The highest BCUT2D eigenvalue weighted by atomic mass is 14.7. The standard InChI is InChI=1S/C27H28N2/c1-6-21-15-23(17-28)26(27(16-21)29-5)14-13-22-10-8-12-25(20(22)4)24-11-7-9-18(2)19(24)3/h7-12,15-16H,5-6,13-14H2,1-4H3. The molecule has 3 aromatic rings. The van der Waals surface area contributed by atoms with E-state index in [-0.39, 0.29) is 0 Å². The molecule has 0 heterocycles. The molecule has 3 aromatic carbocycles. The van der Waals surface area contributed by atoms with Crippen molar-refractivity contribution in [3.63, 3.8) is 0 Å². The number of benzene rings is 3. The summed E-state index contributed by atoms with van der Waals surface area (Å²) in [6.45, 7) is 12.4. The van der Waals surface area contributed by atoms with Gasteiger partial charge in [0.2, 0.25) is 0 Å². The van der Waals surface area contributed by atoms with Crippen LogP contribution in [0.5, 0.6) is 0 Å². The van der Waals surface area contributed by atoms with Crippen LogP contribution in [-0.2, 0) is 19.3 Å². The van der Waals surface area contributed by atoms with Crippen LogP contribution in [0.25, 0.3) is 11.1 Å². The van der Waals surface area contributed by atoms with Crippen LogP contribution in [0.15, 0.2) is 53.5 Å². The van der Waals surface area contributed by atoms with Crippen LogP contribution in [0.1, 0.15) is 45.9 Å². The van der Waals surface area contributed by atoms with Gasteiger partial charge >= 0.3 is 0 Å². The van der Waals surface area contributed by atoms with Gasteiger partial charge in [-0.3, -0.25) is 4.99 Å². The lowest BCUT2D eigenvalue weighted by Gasteiger charge is -2.16. The highest BCUT2D eigenvalue weighted by molar-refractivity contribution is 5.72. The molecule has 0 saturated heterocycles. The van der Waals surface area contributed by atoms with Crippen molar-refractivity contribution in [2.45, 2.75) is 47.0 Å². The molecule has 0 aliphatic heterocycles. The van der Waals surface area contributed by atoms with Gasteiger partial charge in [0.1, 0.15) is 0 Å². The molecule has 29 heavy (non-hydrogen) atoms. The van der Waals surface area contributed by atoms with Crippen molar-refractivity contribution in [1.29, 1.82) is 5.26 Å². The quantitative estimate of drug-likeness (QED) is 0.432. The average Bonchev–Trinajstić information content (AvgIpc) is 2.74. The molecule has 0 aliphatic carbocycles. The molecule has 0 aliphatic rings. The molecule has 0 atom stereocenters. The lowest BCUT2D eigenvalue weighted by molar-refractivity contribution is 0.942. The van der Waals surface area contributed by atoms with Crippen molar-refractivity contribution in [2.75, 3.05) is 0 Å². The largest absolute Gasteiger partial charge is 0.264 e. The van der Waals surface area contributed by atoms with E-state index in [4.69, 9.17) is 0 Å². The molecule has 0 radical (unpaired) electrons. The third kappa shape index (κ3) is 4.15. The van der Waals surface area contributed by atoms with Crippen LogP contribution in [-0.4, -0.2) is 6.72 Å². The van der Waals surface area contributed by atoms with Gasteiger partial charge in [-0.2, -0.15) is 5.26 Å². The Bertz CT molecular complexity index is 1100. The lowest BCUT2D eigenvalue weighted by Crippen LogP contribution is -2.00. The number of aryl methyl sites for hydroxylation is 3. The Labute approximate surface area is 174 Å². The molecule has 0 spiro atoms. The first-order valence-corrected chi connectivity index (χ1v) is 10.2. The summed E-state index contributed by atoms with van der Waals surface area (Å²) < 4.78 is 0. The Morgan fingerprint density at radius 1 is 0.931 bits per heavy atom. The maximum atomic E-state index is 9.65. The van der Waals surface area contributed by atoms with Gasteiger partial charge in [-0.1, -0.05) is 43.3 Å². The van der Waals surface area contributed by atoms with Crippen LogP contribution < -0.4 is 0 Å². The van der Waals surface area contributed by atoms with Gasteiger partial charge in [-0.15, -0.1) is 0 Å². The van der Waals surface area contributed by atoms with E-state index in [0.717, 1.165) is 41.6 Å². The molecule has 146 valence electrons. The maximum Gasteiger partial charge on any atom is 0.0995 e. The van der Waals surface area contributed by atoms with E-state index in [2.05, 4.69) is 87.9 Å². The molecule has 0 unspecified atom stereocenters. The number of aliphatic imine (C=N–C) groups is 1.